The maximum Gasteiger partial charge on any atom is 0.343 e. The Labute approximate surface area is 173 Å². The first-order valence-corrected chi connectivity index (χ1v) is 10.7. The lowest BCUT2D eigenvalue weighted by Gasteiger charge is -2.22. The van der Waals surface area contributed by atoms with Gasteiger partial charge >= 0.3 is 5.97 Å². The van der Waals surface area contributed by atoms with Crippen LogP contribution in [0.4, 0.5) is 0 Å². The number of ether oxygens (including phenoxy) is 4. The van der Waals surface area contributed by atoms with Crippen LogP contribution in [-0.4, -0.2) is 42.6 Å². The minimum Gasteiger partial charge on any atom is -0.503 e. The highest BCUT2D eigenvalue weighted by molar-refractivity contribution is 5.97. The van der Waals surface area contributed by atoms with Crippen LogP contribution in [0.2, 0.25) is 0 Å². The Kier molecular flexibility index (Phi) is 11.8. The van der Waals surface area contributed by atoms with Gasteiger partial charge in [0.15, 0.2) is 17.1 Å². The van der Waals surface area contributed by atoms with E-state index < -0.39 is 11.7 Å². The third-order valence-corrected chi connectivity index (χ3v) is 4.11. The van der Waals surface area contributed by atoms with E-state index in [9.17, 15) is 15.0 Å². The number of phenols is 1. The van der Waals surface area contributed by atoms with Crippen molar-refractivity contribution >= 4 is 5.97 Å². The molecule has 0 aliphatic carbocycles. The minimum absolute atomic E-state index is 0.00213. The molecule has 0 bridgehead atoms. The van der Waals surface area contributed by atoms with Crippen molar-refractivity contribution in [1.29, 1.82) is 0 Å². The predicted octanol–water partition coefficient (Wildman–Crippen LogP) is 5.42. The lowest BCUT2D eigenvalue weighted by Crippen LogP contribution is -2.12. The Balaban J connectivity index is 3.47. The van der Waals surface area contributed by atoms with E-state index in [0.717, 1.165) is 38.5 Å². The molecule has 0 radical (unpaired) electrons. The van der Waals surface area contributed by atoms with E-state index in [4.69, 9.17) is 18.9 Å². The van der Waals surface area contributed by atoms with E-state index in [1.807, 2.05) is 20.8 Å². The van der Waals surface area contributed by atoms with Gasteiger partial charge in [0, 0.05) is 0 Å². The van der Waals surface area contributed by atoms with Crippen molar-refractivity contribution in [3.8, 4) is 28.7 Å². The molecular formula is C22H36O7. The average molecular weight is 413 g/mol. The molecule has 1 aromatic rings. The molecule has 0 saturated heterocycles. The first-order chi connectivity index (χ1) is 14.0. The maximum atomic E-state index is 11.9. The van der Waals surface area contributed by atoms with Gasteiger partial charge in [-0.25, -0.2) is 4.79 Å². The summed E-state index contributed by atoms with van der Waals surface area (Å²) in [6, 6.07) is 0. The molecule has 7 heteroatoms. The highest BCUT2D eigenvalue weighted by Gasteiger charge is 2.32. The summed E-state index contributed by atoms with van der Waals surface area (Å²) in [6.45, 7) is 9.29. The van der Waals surface area contributed by atoms with Crippen molar-refractivity contribution < 1.29 is 34.0 Å². The molecule has 1 aromatic carbocycles. The molecule has 166 valence electrons. The minimum atomic E-state index is -1.31. The van der Waals surface area contributed by atoms with Gasteiger partial charge in [-0.1, -0.05) is 47.0 Å². The lowest BCUT2D eigenvalue weighted by molar-refractivity contribution is 0.0685. The molecule has 0 heterocycles. The summed E-state index contributed by atoms with van der Waals surface area (Å²) < 4.78 is 23.2. The van der Waals surface area contributed by atoms with E-state index in [0.29, 0.717) is 26.2 Å². The number of unbranched alkanes of at least 4 members (excludes halogenated alkanes) is 3. The number of hydrogen-bond donors (Lipinski definition) is 2. The van der Waals surface area contributed by atoms with Gasteiger partial charge in [-0.15, -0.1) is 0 Å². The number of carboxylic acids is 1. The number of benzene rings is 1. The number of aromatic carboxylic acids is 1. The Morgan fingerprint density at radius 2 is 1.14 bits per heavy atom. The lowest BCUT2D eigenvalue weighted by atomic mass is 10.1. The van der Waals surface area contributed by atoms with Gasteiger partial charge in [0.1, 0.15) is 0 Å². The predicted molar refractivity (Wildman–Crippen MR) is 112 cm³/mol. The fraction of sp³-hybridized carbons (Fsp3) is 0.682. The van der Waals surface area contributed by atoms with Crippen LogP contribution in [0, 0.1) is 0 Å². The molecule has 0 fully saturated rings. The number of aromatic hydroxyl groups is 1. The zero-order valence-electron chi connectivity index (χ0n) is 18.2. The SMILES string of the molecule is CCCCCCOc1c(O)c(C(=O)O)c(OCCC)c(OCCC)c1OCCC. The second-order valence-corrected chi connectivity index (χ2v) is 6.80. The highest BCUT2D eigenvalue weighted by atomic mass is 16.6. The normalized spacial score (nSPS) is 10.6. The molecular weight excluding hydrogens is 376 g/mol. The molecule has 7 nitrogen and oxygen atoms in total. The largest absolute Gasteiger partial charge is 0.503 e. The van der Waals surface area contributed by atoms with Gasteiger partial charge in [-0.05, 0) is 25.7 Å². The Morgan fingerprint density at radius 1 is 0.655 bits per heavy atom. The van der Waals surface area contributed by atoms with Crippen molar-refractivity contribution in [1.82, 2.24) is 0 Å². The van der Waals surface area contributed by atoms with Gasteiger partial charge in [-0.2, -0.15) is 0 Å². The molecule has 0 aromatic heterocycles. The van der Waals surface area contributed by atoms with Crippen molar-refractivity contribution in [2.24, 2.45) is 0 Å². The molecule has 0 atom stereocenters. The van der Waals surface area contributed by atoms with Crippen LogP contribution in [0.1, 0.15) is 83.0 Å². The smallest absolute Gasteiger partial charge is 0.343 e. The zero-order chi connectivity index (χ0) is 21.6. The van der Waals surface area contributed by atoms with Crippen LogP contribution in [0.15, 0.2) is 0 Å². The van der Waals surface area contributed by atoms with Crippen LogP contribution < -0.4 is 18.9 Å². The second-order valence-electron chi connectivity index (χ2n) is 6.80. The monoisotopic (exact) mass is 412 g/mol. The summed E-state index contributed by atoms with van der Waals surface area (Å²) in [5, 5.41) is 20.5. The Hall–Kier alpha value is -2.31. The number of carboxylic acid groups (broad SMARTS) is 1. The van der Waals surface area contributed by atoms with Crippen molar-refractivity contribution in [2.45, 2.75) is 72.6 Å². The average Bonchev–Trinajstić information content (AvgIpc) is 2.70. The molecule has 29 heavy (non-hydrogen) atoms. The Bertz CT molecular complexity index is 628. The first kappa shape index (κ1) is 24.7. The molecule has 1 rings (SSSR count). The molecule has 0 amide bonds. The summed E-state index contributed by atoms with van der Waals surface area (Å²) in [7, 11) is 0. The van der Waals surface area contributed by atoms with E-state index >= 15 is 0 Å². The van der Waals surface area contributed by atoms with E-state index in [2.05, 4.69) is 6.92 Å². The molecule has 0 saturated carbocycles. The molecule has 0 aliphatic rings. The Morgan fingerprint density at radius 3 is 1.62 bits per heavy atom. The van der Waals surface area contributed by atoms with E-state index in [-0.39, 0.29) is 35.2 Å². The van der Waals surface area contributed by atoms with Crippen LogP contribution in [0.3, 0.4) is 0 Å². The van der Waals surface area contributed by atoms with E-state index in [1.165, 1.54) is 0 Å². The van der Waals surface area contributed by atoms with Crippen molar-refractivity contribution in [3.63, 3.8) is 0 Å². The summed E-state index contributed by atoms with van der Waals surface area (Å²) in [4.78, 5) is 11.9. The van der Waals surface area contributed by atoms with Gasteiger partial charge < -0.3 is 29.2 Å². The fourth-order valence-electron chi connectivity index (χ4n) is 2.70. The third kappa shape index (κ3) is 7.22. The quantitative estimate of drug-likeness (QED) is 0.350. The van der Waals surface area contributed by atoms with Gasteiger partial charge in [-0.3, -0.25) is 0 Å². The summed E-state index contributed by atoms with van der Waals surface area (Å²) in [5.74, 6) is -1.45. The van der Waals surface area contributed by atoms with Gasteiger partial charge in [0.25, 0.3) is 0 Å². The molecule has 2 N–H and O–H groups in total. The first-order valence-electron chi connectivity index (χ1n) is 10.7. The number of hydrogen-bond acceptors (Lipinski definition) is 6. The molecule has 0 aliphatic heterocycles. The maximum absolute atomic E-state index is 11.9. The number of carbonyl (C=O) groups is 1. The van der Waals surface area contributed by atoms with Crippen LogP contribution in [0.5, 0.6) is 28.7 Å². The van der Waals surface area contributed by atoms with Gasteiger partial charge in [0.05, 0.1) is 26.4 Å². The van der Waals surface area contributed by atoms with Crippen molar-refractivity contribution in [3.05, 3.63) is 5.56 Å². The van der Waals surface area contributed by atoms with Crippen LogP contribution >= 0.6 is 0 Å². The third-order valence-electron chi connectivity index (χ3n) is 4.11. The van der Waals surface area contributed by atoms with Crippen LogP contribution in [-0.2, 0) is 0 Å². The van der Waals surface area contributed by atoms with Crippen LogP contribution in [0.25, 0.3) is 0 Å². The summed E-state index contributed by atoms with van der Waals surface area (Å²) in [5.41, 5.74) is -0.364. The number of rotatable bonds is 16. The zero-order valence-corrected chi connectivity index (χ0v) is 18.2. The standard InChI is InChI=1S/C22H36O7/c1-5-9-10-11-15-29-19-17(23)16(22(24)25)18(26-12-6-2)20(27-13-7-3)21(19)28-14-8-4/h23H,5-15H2,1-4H3,(H,24,25). The summed E-state index contributed by atoms with van der Waals surface area (Å²) in [6.07, 6.45) is 6.09. The molecule has 0 unspecified atom stereocenters. The highest BCUT2D eigenvalue weighted by Crippen LogP contribution is 2.53. The fourth-order valence-corrected chi connectivity index (χ4v) is 2.70. The topological polar surface area (TPSA) is 94.5 Å². The summed E-state index contributed by atoms with van der Waals surface area (Å²) >= 11 is 0. The van der Waals surface area contributed by atoms with Gasteiger partial charge in [0.2, 0.25) is 17.2 Å². The molecule has 0 spiro atoms. The second kappa shape index (κ2) is 13.8. The van der Waals surface area contributed by atoms with E-state index in [1.54, 1.807) is 0 Å². The van der Waals surface area contributed by atoms with Crippen molar-refractivity contribution in [2.75, 3.05) is 26.4 Å².